The third-order valence-corrected chi connectivity index (χ3v) is 4.83. The Bertz CT molecular complexity index is 1020. The number of rotatable bonds is 3. The molecule has 0 amide bonds. The van der Waals surface area contributed by atoms with Crippen molar-refractivity contribution in [2.24, 2.45) is 0 Å². The number of aromatic amines is 1. The zero-order chi connectivity index (χ0) is 17.5. The van der Waals surface area contributed by atoms with Crippen LogP contribution in [-0.4, -0.2) is 65.3 Å². The highest BCUT2D eigenvalue weighted by atomic mass is 15.4. The van der Waals surface area contributed by atoms with Crippen molar-refractivity contribution in [1.82, 2.24) is 39.7 Å². The Morgan fingerprint density at radius 2 is 2.19 bits per heavy atom. The average Bonchev–Trinajstić information content (AvgIpc) is 3.27. The first-order valence-electron chi connectivity index (χ1n) is 8.72. The molecule has 5 rings (SSSR count). The fourth-order valence-electron chi connectivity index (χ4n) is 3.57. The van der Waals surface area contributed by atoms with E-state index in [1.807, 2.05) is 24.3 Å². The van der Waals surface area contributed by atoms with Crippen LogP contribution in [0.4, 0.5) is 5.82 Å². The van der Waals surface area contributed by atoms with E-state index in [0.717, 1.165) is 54.6 Å². The van der Waals surface area contributed by atoms with Crippen molar-refractivity contribution in [3.63, 3.8) is 0 Å². The third kappa shape index (κ3) is 2.66. The molecular formula is C17H19N9. The maximum absolute atomic E-state index is 4.62. The lowest BCUT2D eigenvalue weighted by Crippen LogP contribution is -2.52. The van der Waals surface area contributed by atoms with Crippen LogP contribution in [0.15, 0.2) is 36.8 Å². The normalized spacial score (nSPS) is 18.8. The molecule has 1 N–H and O–H groups in total. The molecule has 4 aromatic rings. The Labute approximate surface area is 149 Å². The largest absolute Gasteiger partial charge is 0.350 e. The zero-order valence-corrected chi connectivity index (χ0v) is 14.4. The van der Waals surface area contributed by atoms with Crippen molar-refractivity contribution in [2.45, 2.75) is 19.5 Å². The molecule has 0 unspecified atom stereocenters. The smallest absolute Gasteiger partial charge is 0.177 e. The van der Waals surface area contributed by atoms with Gasteiger partial charge in [0.2, 0.25) is 0 Å². The van der Waals surface area contributed by atoms with Gasteiger partial charge in [-0.05, 0) is 31.2 Å². The van der Waals surface area contributed by atoms with Crippen molar-refractivity contribution in [3.05, 3.63) is 42.6 Å². The van der Waals surface area contributed by atoms with Crippen LogP contribution in [0.3, 0.4) is 0 Å². The van der Waals surface area contributed by atoms with E-state index in [4.69, 9.17) is 0 Å². The lowest BCUT2D eigenvalue weighted by molar-refractivity contribution is 0.216. The summed E-state index contributed by atoms with van der Waals surface area (Å²) in [4.78, 5) is 17.0. The third-order valence-electron chi connectivity index (χ3n) is 4.83. The van der Waals surface area contributed by atoms with Crippen LogP contribution in [-0.2, 0) is 6.54 Å². The van der Waals surface area contributed by atoms with Crippen LogP contribution >= 0.6 is 0 Å². The van der Waals surface area contributed by atoms with E-state index in [1.54, 1.807) is 17.0 Å². The second kappa shape index (κ2) is 6.03. The summed E-state index contributed by atoms with van der Waals surface area (Å²) in [5, 5.41) is 12.5. The molecule has 1 aliphatic heterocycles. The maximum Gasteiger partial charge on any atom is 0.177 e. The summed E-state index contributed by atoms with van der Waals surface area (Å²) < 4.78 is 1.72. The van der Waals surface area contributed by atoms with Gasteiger partial charge >= 0.3 is 0 Å². The minimum absolute atomic E-state index is 0.354. The minimum Gasteiger partial charge on any atom is -0.350 e. The Morgan fingerprint density at radius 1 is 1.23 bits per heavy atom. The first-order valence-corrected chi connectivity index (χ1v) is 8.72. The van der Waals surface area contributed by atoms with Gasteiger partial charge in [0.25, 0.3) is 0 Å². The summed E-state index contributed by atoms with van der Waals surface area (Å²) in [5.41, 5.74) is 2.53. The quantitative estimate of drug-likeness (QED) is 0.592. The summed E-state index contributed by atoms with van der Waals surface area (Å²) in [6.07, 6.45) is 3.41. The molecule has 5 heterocycles. The molecular weight excluding hydrogens is 330 g/mol. The highest BCUT2D eigenvalue weighted by molar-refractivity contribution is 5.69. The molecule has 1 fully saturated rings. The van der Waals surface area contributed by atoms with Crippen LogP contribution in [0, 0.1) is 0 Å². The summed E-state index contributed by atoms with van der Waals surface area (Å²) in [6, 6.07) is 8.25. The van der Waals surface area contributed by atoms with E-state index in [0.29, 0.717) is 6.04 Å². The Morgan fingerprint density at radius 3 is 3.08 bits per heavy atom. The minimum atomic E-state index is 0.354. The van der Waals surface area contributed by atoms with E-state index in [1.165, 1.54) is 0 Å². The van der Waals surface area contributed by atoms with Crippen molar-refractivity contribution >= 4 is 22.6 Å². The molecule has 9 heteroatoms. The molecule has 0 aromatic carbocycles. The highest BCUT2D eigenvalue weighted by Crippen LogP contribution is 2.19. The first kappa shape index (κ1) is 15.2. The van der Waals surface area contributed by atoms with Gasteiger partial charge in [-0.3, -0.25) is 4.90 Å². The molecule has 0 aliphatic carbocycles. The van der Waals surface area contributed by atoms with Gasteiger partial charge in [-0.15, -0.1) is 15.3 Å². The summed E-state index contributed by atoms with van der Waals surface area (Å²) in [5.74, 6) is 1.92. The molecule has 0 radical (unpaired) electrons. The molecule has 26 heavy (non-hydrogen) atoms. The highest BCUT2D eigenvalue weighted by Gasteiger charge is 2.25. The molecule has 1 atom stereocenters. The molecule has 1 saturated heterocycles. The number of fused-ring (bicyclic) bond motifs is 2. The fourth-order valence-corrected chi connectivity index (χ4v) is 3.57. The van der Waals surface area contributed by atoms with Gasteiger partial charge < -0.3 is 9.88 Å². The van der Waals surface area contributed by atoms with Gasteiger partial charge in [-0.1, -0.05) is 0 Å². The van der Waals surface area contributed by atoms with Crippen molar-refractivity contribution in [1.29, 1.82) is 0 Å². The molecule has 4 aromatic heterocycles. The van der Waals surface area contributed by atoms with E-state index in [2.05, 4.69) is 47.0 Å². The number of piperazine rings is 1. The fraction of sp³-hybridized carbons (Fsp3) is 0.353. The number of hydrogen-bond donors (Lipinski definition) is 1. The average molecular weight is 349 g/mol. The Kier molecular flexibility index (Phi) is 3.52. The van der Waals surface area contributed by atoms with E-state index < -0.39 is 0 Å². The second-order valence-corrected chi connectivity index (χ2v) is 6.66. The number of nitrogens with zero attached hydrogens (tertiary/aromatic N) is 8. The summed E-state index contributed by atoms with van der Waals surface area (Å²) in [6.45, 7) is 5.85. The topological polar surface area (TPSA) is 91.1 Å². The Hall–Kier alpha value is -3.07. The van der Waals surface area contributed by atoms with Crippen molar-refractivity contribution in [2.75, 3.05) is 24.5 Å². The summed E-state index contributed by atoms with van der Waals surface area (Å²) >= 11 is 0. The number of nitrogens with one attached hydrogen (secondary N) is 1. The van der Waals surface area contributed by atoms with Gasteiger partial charge in [0.1, 0.15) is 18.0 Å². The summed E-state index contributed by atoms with van der Waals surface area (Å²) in [7, 11) is 0. The van der Waals surface area contributed by atoms with E-state index in [-0.39, 0.29) is 0 Å². The Balaban J connectivity index is 1.30. The van der Waals surface area contributed by atoms with Crippen molar-refractivity contribution < 1.29 is 0 Å². The molecule has 1 aliphatic rings. The predicted octanol–water partition coefficient (Wildman–Crippen LogP) is 1.11. The molecule has 0 spiro atoms. The monoisotopic (exact) mass is 349 g/mol. The van der Waals surface area contributed by atoms with Crippen LogP contribution in [0.25, 0.3) is 16.8 Å². The lowest BCUT2D eigenvalue weighted by Gasteiger charge is -2.40. The van der Waals surface area contributed by atoms with Crippen LogP contribution in [0.5, 0.6) is 0 Å². The van der Waals surface area contributed by atoms with Crippen LogP contribution < -0.4 is 4.90 Å². The van der Waals surface area contributed by atoms with Gasteiger partial charge in [-0.25, -0.2) is 9.97 Å². The number of hydrogen-bond acceptors (Lipinski definition) is 7. The number of H-pyrrole nitrogens is 1. The first-order chi connectivity index (χ1) is 12.8. The number of anilines is 1. The van der Waals surface area contributed by atoms with Crippen molar-refractivity contribution in [3.8, 4) is 0 Å². The van der Waals surface area contributed by atoms with Gasteiger partial charge in [-0.2, -0.15) is 4.52 Å². The second-order valence-electron chi connectivity index (χ2n) is 6.66. The number of pyridine rings is 1. The zero-order valence-electron chi connectivity index (χ0n) is 14.4. The number of imidazole rings is 1. The van der Waals surface area contributed by atoms with Gasteiger partial charge in [0.05, 0.1) is 12.1 Å². The standard InChI is InChI=1S/C17H19N9/c1-12-9-24(10-14-20-13-3-2-6-18-17(13)21-14)7-8-25(12)16-5-4-15-22-19-11-26(15)23-16/h2-6,11-12H,7-10H2,1H3,(H,18,20,21)/t12-/m1/s1. The SMILES string of the molecule is C[C@@H]1CN(Cc2nc3ncccc3[nH]2)CCN1c1ccc2nncn2n1. The van der Waals surface area contributed by atoms with Crippen LogP contribution in [0.2, 0.25) is 0 Å². The van der Waals surface area contributed by atoms with Gasteiger partial charge in [0.15, 0.2) is 11.3 Å². The molecule has 0 bridgehead atoms. The maximum atomic E-state index is 4.62. The number of aromatic nitrogens is 7. The lowest BCUT2D eigenvalue weighted by atomic mass is 10.2. The molecule has 9 nitrogen and oxygen atoms in total. The van der Waals surface area contributed by atoms with Crippen LogP contribution in [0.1, 0.15) is 12.7 Å². The van der Waals surface area contributed by atoms with E-state index in [9.17, 15) is 0 Å². The molecule has 0 saturated carbocycles. The predicted molar refractivity (Wildman–Crippen MR) is 96.8 cm³/mol. The van der Waals surface area contributed by atoms with E-state index >= 15 is 0 Å². The molecule has 132 valence electrons. The van der Waals surface area contributed by atoms with Gasteiger partial charge in [0, 0.05) is 31.9 Å².